The van der Waals surface area contributed by atoms with Crippen molar-refractivity contribution in [2.45, 2.75) is 33.1 Å². The van der Waals surface area contributed by atoms with Crippen LogP contribution in [0.1, 0.15) is 42.4 Å². The molecular weight excluding hydrogens is 318 g/mol. The molecule has 1 saturated carbocycles. The van der Waals surface area contributed by atoms with E-state index in [1.807, 2.05) is 37.3 Å². The van der Waals surface area contributed by atoms with Crippen molar-refractivity contribution in [1.29, 1.82) is 0 Å². The zero-order chi connectivity index (χ0) is 17.6. The van der Waals surface area contributed by atoms with Gasteiger partial charge in [-0.25, -0.2) is 5.01 Å². The number of rotatable bonds is 3. The number of benzene rings is 1. The summed E-state index contributed by atoms with van der Waals surface area (Å²) in [6.07, 6.45) is 2.58. The number of hydrogen-bond donors (Lipinski definition) is 0. The molecule has 4 rings (SSSR count). The van der Waals surface area contributed by atoms with Crippen LogP contribution in [0.3, 0.4) is 0 Å². The largest absolute Gasteiger partial charge is 0.294 e. The minimum Gasteiger partial charge on any atom is -0.272 e. The Labute approximate surface area is 146 Å². The molecule has 1 aromatic carbocycles. The van der Waals surface area contributed by atoms with Gasteiger partial charge in [-0.15, -0.1) is 5.10 Å². The second-order valence-electron chi connectivity index (χ2n) is 7.03. The molecule has 2 heterocycles. The van der Waals surface area contributed by atoms with Gasteiger partial charge in [-0.3, -0.25) is 14.6 Å². The molecule has 2 aliphatic rings. The Balaban J connectivity index is 1.60. The van der Waals surface area contributed by atoms with E-state index in [1.54, 1.807) is 11.9 Å². The van der Waals surface area contributed by atoms with Gasteiger partial charge in [0, 0.05) is 18.5 Å². The van der Waals surface area contributed by atoms with Crippen molar-refractivity contribution < 1.29 is 9.59 Å². The molecule has 1 aliphatic carbocycles. The van der Waals surface area contributed by atoms with Crippen LogP contribution in [-0.2, 0) is 4.79 Å². The summed E-state index contributed by atoms with van der Waals surface area (Å²) >= 11 is 0. The summed E-state index contributed by atoms with van der Waals surface area (Å²) < 4.78 is 0. The third-order valence-electron chi connectivity index (χ3n) is 4.99. The maximum atomic E-state index is 13.0. The number of aromatic nitrogens is 3. The number of carbonyl (C=O) groups excluding carboxylic acids is 2. The molecule has 7 heteroatoms. The summed E-state index contributed by atoms with van der Waals surface area (Å²) in [5.41, 5.74) is 1.36. The Morgan fingerprint density at radius 3 is 2.40 bits per heavy atom. The third-order valence-corrected chi connectivity index (χ3v) is 4.99. The van der Waals surface area contributed by atoms with E-state index < -0.39 is 0 Å². The highest BCUT2D eigenvalue weighted by Crippen LogP contribution is 2.47. The number of hydrogen-bond acceptors (Lipinski definition) is 4. The van der Waals surface area contributed by atoms with E-state index in [1.165, 1.54) is 9.81 Å². The summed E-state index contributed by atoms with van der Waals surface area (Å²) in [5.74, 6) is -0.207. The number of hydrazine groups is 1. The number of carbonyl (C=O) groups is 2. The Morgan fingerprint density at radius 1 is 1.04 bits per heavy atom. The van der Waals surface area contributed by atoms with Crippen LogP contribution < -0.4 is 0 Å². The van der Waals surface area contributed by atoms with E-state index in [2.05, 4.69) is 10.2 Å². The van der Waals surface area contributed by atoms with Crippen molar-refractivity contribution >= 4 is 11.8 Å². The molecule has 2 amide bonds. The van der Waals surface area contributed by atoms with Crippen molar-refractivity contribution in [2.24, 2.45) is 5.41 Å². The maximum absolute atomic E-state index is 13.0. The molecular formula is C18H21N5O2. The number of para-hydroxylation sites is 1. The smallest absolute Gasteiger partial charge is 0.272 e. The molecule has 0 unspecified atom stereocenters. The lowest BCUT2D eigenvalue weighted by atomic mass is 10.1. The van der Waals surface area contributed by atoms with Crippen LogP contribution in [0, 0.1) is 12.3 Å². The lowest BCUT2D eigenvalue weighted by Crippen LogP contribution is -2.47. The topological polar surface area (TPSA) is 71.3 Å². The van der Waals surface area contributed by atoms with Gasteiger partial charge in [0.2, 0.25) is 5.91 Å². The van der Waals surface area contributed by atoms with Gasteiger partial charge in [-0.2, -0.15) is 9.90 Å². The fraction of sp³-hybridized carbons (Fsp3) is 0.444. The second-order valence-corrected chi connectivity index (χ2v) is 7.03. The molecule has 0 radical (unpaired) electrons. The van der Waals surface area contributed by atoms with Gasteiger partial charge in [0.05, 0.1) is 11.4 Å². The normalized spacial score (nSPS) is 18.5. The molecule has 1 aliphatic heterocycles. The lowest BCUT2D eigenvalue weighted by molar-refractivity contribution is -0.146. The van der Waals surface area contributed by atoms with E-state index in [0.717, 1.165) is 24.9 Å². The first kappa shape index (κ1) is 15.8. The van der Waals surface area contributed by atoms with Crippen LogP contribution in [0.5, 0.6) is 0 Å². The van der Waals surface area contributed by atoms with Crippen molar-refractivity contribution in [3.05, 3.63) is 41.7 Å². The van der Waals surface area contributed by atoms with E-state index in [4.69, 9.17) is 0 Å². The molecule has 2 aromatic rings. The average Bonchev–Trinajstić information content (AvgIpc) is 3.05. The summed E-state index contributed by atoms with van der Waals surface area (Å²) in [6, 6.07) is 9.47. The summed E-state index contributed by atoms with van der Waals surface area (Å²) in [5, 5.41) is 11.9. The average molecular weight is 339 g/mol. The molecule has 1 aromatic heterocycles. The maximum Gasteiger partial charge on any atom is 0.294 e. The molecule has 2 fully saturated rings. The summed E-state index contributed by atoms with van der Waals surface area (Å²) in [7, 11) is 0. The zero-order valence-corrected chi connectivity index (χ0v) is 14.5. The van der Waals surface area contributed by atoms with E-state index in [-0.39, 0.29) is 17.2 Å². The quantitative estimate of drug-likeness (QED) is 0.857. The van der Waals surface area contributed by atoms with Gasteiger partial charge in [-0.1, -0.05) is 25.1 Å². The molecule has 1 saturated heterocycles. The van der Waals surface area contributed by atoms with E-state index >= 15 is 0 Å². The molecule has 0 bridgehead atoms. The van der Waals surface area contributed by atoms with Gasteiger partial charge in [0.1, 0.15) is 0 Å². The molecule has 7 nitrogen and oxygen atoms in total. The van der Waals surface area contributed by atoms with Gasteiger partial charge in [-0.05, 0) is 38.3 Å². The Morgan fingerprint density at radius 2 is 1.72 bits per heavy atom. The van der Waals surface area contributed by atoms with E-state index in [9.17, 15) is 9.59 Å². The number of aryl methyl sites for hydroxylation is 1. The number of amides is 2. The highest BCUT2D eigenvalue weighted by Gasteiger charge is 2.50. The first-order valence-corrected chi connectivity index (χ1v) is 8.63. The highest BCUT2D eigenvalue weighted by atomic mass is 16.2. The van der Waals surface area contributed by atoms with Crippen LogP contribution in [0.25, 0.3) is 5.69 Å². The van der Waals surface area contributed by atoms with Crippen LogP contribution in [0.4, 0.5) is 0 Å². The fourth-order valence-electron chi connectivity index (χ4n) is 3.12. The predicted molar refractivity (Wildman–Crippen MR) is 90.8 cm³/mol. The van der Waals surface area contributed by atoms with E-state index in [0.29, 0.717) is 24.5 Å². The molecule has 0 atom stereocenters. The Kier molecular flexibility index (Phi) is 3.59. The predicted octanol–water partition coefficient (Wildman–Crippen LogP) is 1.97. The van der Waals surface area contributed by atoms with Gasteiger partial charge in [0.15, 0.2) is 5.69 Å². The Bertz CT molecular complexity index is 825. The standard InChI is InChI=1S/C18H21N5O2/c1-13-15(20-23(19-13)14-7-4-3-5-8-14)16(24)21-11-6-12-22(21)17(25)18(2)9-10-18/h3-5,7-8H,6,9-12H2,1-2H3. The minimum absolute atomic E-state index is 0.0476. The first-order chi connectivity index (χ1) is 12.0. The van der Waals surface area contributed by atoms with Crippen LogP contribution in [-0.4, -0.2) is 49.9 Å². The van der Waals surface area contributed by atoms with Gasteiger partial charge >= 0.3 is 0 Å². The zero-order valence-electron chi connectivity index (χ0n) is 14.5. The summed E-state index contributed by atoms with van der Waals surface area (Å²) in [4.78, 5) is 27.1. The van der Waals surface area contributed by atoms with Crippen LogP contribution >= 0.6 is 0 Å². The van der Waals surface area contributed by atoms with Crippen molar-refractivity contribution in [3.63, 3.8) is 0 Å². The monoisotopic (exact) mass is 339 g/mol. The number of nitrogens with zero attached hydrogens (tertiary/aromatic N) is 5. The van der Waals surface area contributed by atoms with Crippen molar-refractivity contribution in [1.82, 2.24) is 25.0 Å². The highest BCUT2D eigenvalue weighted by molar-refractivity contribution is 5.95. The van der Waals surface area contributed by atoms with Crippen molar-refractivity contribution in [2.75, 3.05) is 13.1 Å². The van der Waals surface area contributed by atoms with Crippen LogP contribution in [0.2, 0.25) is 0 Å². The Hall–Kier alpha value is -2.70. The molecule has 25 heavy (non-hydrogen) atoms. The van der Waals surface area contributed by atoms with Crippen molar-refractivity contribution in [3.8, 4) is 5.69 Å². The van der Waals surface area contributed by atoms with Crippen LogP contribution in [0.15, 0.2) is 30.3 Å². The molecule has 130 valence electrons. The van der Waals surface area contributed by atoms with Gasteiger partial charge in [0.25, 0.3) is 5.91 Å². The second kappa shape index (κ2) is 5.68. The van der Waals surface area contributed by atoms with Gasteiger partial charge < -0.3 is 0 Å². The molecule has 0 N–H and O–H groups in total. The SMILES string of the molecule is Cc1nn(-c2ccccc2)nc1C(=O)N1CCCN1C(=O)C1(C)CC1. The fourth-order valence-corrected chi connectivity index (χ4v) is 3.12. The summed E-state index contributed by atoms with van der Waals surface area (Å²) in [6.45, 7) is 4.86. The lowest BCUT2D eigenvalue weighted by Gasteiger charge is -2.29. The third kappa shape index (κ3) is 2.69. The minimum atomic E-state index is -0.292. The molecule has 0 spiro atoms. The first-order valence-electron chi connectivity index (χ1n) is 8.63.